The maximum atomic E-state index is 8.49. The fourth-order valence-electron chi connectivity index (χ4n) is 0.755. The van der Waals surface area contributed by atoms with Crippen molar-refractivity contribution in [3.63, 3.8) is 0 Å². The standard InChI is InChI=1S/C6H2Cl2NS2.ClHO4/c7-3-1-5-6(2-4(3)8)10-11-9-5;2-1(3,4)5/h1-2H;(H,2,3,4,5)/q+1;/p-1. The zero-order valence-electron chi connectivity index (χ0n) is 7.19. The first-order valence-electron chi connectivity index (χ1n) is 3.43. The number of fused-ring (bicyclic) bond motifs is 1. The summed E-state index contributed by atoms with van der Waals surface area (Å²) < 4.78 is 39.2. The lowest BCUT2D eigenvalue weighted by atomic mass is 10.3. The van der Waals surface area contributed by atoms with Crippen LogP contribution < -0.4 is 18.6 Å². The lowest BCUT2D eigenvalue weighted by Gasteiger charge is -2.17. The maximum Gasteiger partial charge on any atom is 0.323 e. The van der Waals surface area contributed by atoms with Crippen LogP contribution in [0.4, 0.5) is 0 Å². The van der Waals surface area contributed by atoms with E-state index in [2.05, 4.69) is 4.37 Å². The van der Waals surface area contributed by atoms with E-state index >= 15 is 0 Å². The molecule has 1 aromatic carbocycles. The smallest absolute Gasteiger partial charge is 0.222 e. The second-order valence-corrected chi connectivity index (χ2v) is 5.82. The largest absolute Gasteiger partial charge is 0.323 e. The van der Waals surface area contributed by atoms with Crippen molar-refractivity contribution in [2.45, 2.75) is 0 Å². The molecule has 2 aromatic rings. The molecule has 0 saturated heterocycles. The summed E-state index contributed by atoms with van der Waals surface area (Å²) >= 11 is 11.6. The Morgan fingerprint density at radius 3 is 2.19 bits per heavy atom. The Kier molecular flexibility index (Phi) is 5.05. The molecule has 0 aliphatic rings. The van der Waals surface area contributed by atoms with Gasteiger partial charge >= 0.3 is 10.3 Å². The topological polar surface area (TPSA) is 105 Å². The first-order chi connectivity index (χ1) is 7.27. The summed E-state index contributed by atoms with van der Waals surface area (Å²) in [5, 5.41) is 1.16. The Balaban J connectivity index is 0.000000221. The molecule has 0 saturated carbocycles. The van der Waals surface area contributed by atoms with E-state index in [-0.39, 0.29) is 0 Å². The molecule has 88 valence electrons. The predicted octanol–water partition coefficient (Wildman–Crippen LogP) is -0.810. The van der Waals surface area contributed by atoms with E-state index in [1.165, 1.54) is 10.5 Å². The van der Waals surface area contributed by atoms with Crippen molar-refractivity contribution < 1.29 is 28.9 Å². The first-order valence-corrected chi connectivity index (χ1v) is 7.52. The molecule has 0 N–H and O–H groups in total. The molecule has 2 rings (SSSR count). The molecule has 0 fully saturated rings. The average Bonchev–Trinajstić information content (AvgIpc) is 2.49. The molecular formula is C6H2Cl3NO4S2. The van der Waals surface area contributed by atoms with Crippen LogP contribution in [0.25, 0.3) is 10.2 Å². The molecule has 0 aliphatic heterocycles. The van der Waals surface area contributed by atoms with Crippen LogP contribution in [0.2, 0.25) is 10.0 Å². The van der Waals surface area contributed by atoms with Crippen LogP contribution in [-0.4, -0.2) is 4.37 Å². The Bertz CT molecular complexity index is 444. The molecule has 0 atom stereocenters. The zero-order valence-corrected chi connectivity index (χ0v) is 11.1. The molecule has 0 bridgehead atoms. The minimum Gasteiger partial charge on any atom is -0.222 e. The van der Waals surface area contributed by atoms with Crippen molar-refractivity contribution in [3.05, 3.63) is 22.2 Å². The minimum absolute atomic E-state index is 0.567. The van der Waals surface area contributed by atoms with Gasteiger partial charge in [-0.2, -0.15) is 0 Å². The lowest BCUT2D eigenvalue weighted by molar-refractivity contribution is -2.00. The molecule has 0 aliphatic carbocycles. The van der Waals surface area contributed by atoms with Gasteiger partial charge in [0.05, 0.1) is 10.0 Å². The third-order valence-electron chi connectivity index (χ3n) is 1.26. The molecule has 0 amide bonds. The normalized spacial score (nSPS) is 11.1. The highest BCUT2D eigenvalue weighted by atomic mass is 35.7. The number of hydrogen-bond donors (Lipinski definition) is 0. The van der Waals surface area contributed by atoms with Crippen LogP contribution in [0.3, 0.4) is 0 Å². The lowest BCUT2D eigenvalue weighted by Crippen LogP contribution is -2.68. The van der Waals surface area contributed by atoms with Crippen LogP contribution >= 0.6 is 44.1 Å². The van der Waals surface area contributed by atoms with E-state index in [0.717, 1.165) is 10.2 Å². The van der Waals surface area contributed by atoms with E-state index in [1.807, 2.05) is 6.07 Å². The van der Waals surface area contributed by atoms with E-state index in [4.69, 9.17) is 41.8 Å². The van der Waals surface area contributed by atoms with Crippen LogP contribution in [0.5, 0.6) is 0 Å². The van der Waals surface area contributed by atoms with Gasteiger partial charge in [0.15, 0.2) is 0 Å². The molecule has 1 heterocycles. The van der Waals surface area contributed by atoms with Gasteiger partial charge in [-0.15, -0.1) is 14.6 Å². The molecule has 16 heavy (non-hydrogen) atoms. The number of halogens is 3. The van der Waals surface area contributed by atoms with Crippen molar-refractivity contribution >= 4 is 54.3 Å². The van der Waals surface area contributed by atoms with Crippen molar-refractivity contribution in [1.29, 1.82) is 0 Å². The highest BCUT2D eigenvalue weighted by Crippen LogP contribution is 2.30. The predicted molar refractivity (Wildman–Crippen MR) is 51.9 cm³/mol. The molecular weight excluding hydrogens is 321 g/mol. The summed E-state index contributed by atoms with van der Waals surface area (Å²) in [6.07, 6.45) is 0. The first kappa shape index (κ1) is 14.2. The van der Waals surface area contributed by atoms with E-state index in [0.29, 0.717) is 10.0 Å². The van der Waals surface area contributed by atoms with E-state index in [1.54, 1.807) is 16.4 Å². The Hall–Kier alpha value is 0.170. The van der Waals surface area contributed by atoms with Crippen LogP contribution in [-0.2, 0) is 0 Å². The van der Waals surface area contributed by atoms with Crippen LogP contribution in [0.1, 0.15) is 0 Å². The van der Waals surface area contributed by atoms with Gasteiger partial charge in [0.2, 0.25) is 0 Å². The van der Waals surface area contributed by atoms with Crippen LogP contribution in [0.15, 0.2) is 12.1 Å². The number of aromatic nitrogens is 1. The molecule has 10 heteroatoms. The van der Waals surface area contributed by atoms with Crippen molar-refractivity contribution in [1.82, 2.24) is 4.37 Å². The molecule has 5 nitrogen and oxygen atoms in total. The fraction of sp³-hybridized carbons (Fsp3) is 0. The highest BCUT2D eigenvalue weighted by Gasteiger charge is 2.11. The SMILES string of the molecule is Clc1cc2ns[s+]c2cc1Cl.[O-][Cl+3]([O-])([O-])[O-]. The number of rotatable bonds is 0. The Labute approximate surface area is 109 Å². The molecule has 0 spiro atoms. The summed E-state index contributed by atoms with van der Waals surface area (Å²) in [5.74, 6) is 0. The third kappa shape index (κ3) is 5.00. The second kappa shape index (κ2) is 5.67. The zero-order chi connectivity index (χ0) is 12.3. The molecule has 0 unspecified atom stereocenters. The number of hydrogen-bond acceptors (Lipinski definition) is 6. The molecule has 1 aromatic heterocycles. The van der Waals surface area contributed by atoms with Gasteiger partial charge in [0.25, 0.3) is 15.2 Å². The summed E-state index contributed by atoms with van der Waals surface area (Å²) in [6.45, 7) is 0. The van der Waals surface area contributed by atoms with Gasteiger partial charge in [-0.05, 0) is 6.07 Å². The summed E-state index contributed by atoms with van der Waals surface area (Å²) in [4.78, 5) is 0. The highest BCUT2D eigenvalue weighted by molar-refractivity contribution is 7.69. The van der Waals surface area contributed by atoms with Crippen molar-refractivity contribution in [2.24, 2.45) is 0 Å². The summed E-state index contributed by atoms with van der Waals surface area (Å²) in [6, 6.07) is 3.62. The van der Waals surface area contributed by atoms with Gasteiger partial charge in [-0.1, -0.05) is 23.2 Å². The van der Waals surface area contributed by atoms with Gasteiger partial charge in [0, 0.05) is 6.07 Å². The number of benzene rings is 1. The van der Waals surface area contributed by atoms with Gasteiger partial charge in [0.1, 0.15) is 5.52 Å². The Morgan fingerprint density at radius 2 is 1.62 bits per heavy atom. The fourth-order valence-corrected chi connectivity index (χ4v) is 2.90. The van der Waals surface area contributed by atoms with Crippen LogP contribution in [0, 0.1) is 10.2 Å². The van der Waals surface area contributed by atoms with E-state index in [9.17, 15) is 0 Å². The maximum absolute atomic E-state index is 8.49. The van der Waals surface area contributed by atoms with Gasteiger partial charge in [-0.3, -0.25) is 0 Å². The van der Waals surface area contributed by atoms with Gasteiger partial charge in [-0.25, -0.2) is 18.6 Å². The van der Waals surface area contributed by atoms with E-state index < -0.39 is 10.2 Å². The summed E-state index contributed by atoms with van der Waals surface area (Å²) in [5.41, 5.74) is 0.925. The van der Waals surface area contributed by atoms with Crippen molar-refractivity contribution in [2.75, 3.05) is 0 Å². The minimum atomic E-state index is -4.94. The average molecular weight is 323 g/mol. The van der Waals surface area contributed by atoms with Gasteiger partial charge < -0.3 is 0 Å². The monoisotopic (exact) mass is 321 g/mol. The quantitative estimate of drug-likeness (QED) is 0.466. The Morgan fingerprint density at radius 1 is 1.12 bits per heavy atom. The summed E-state index contributed by atoms with van der Waals surface area (Å²) in [7, 11) is -1.90. The third-order valence-corrected chi connectivity index (χ3v) is 3.82. The molecule has 0 radical (unpaired) electrons. The number of nitrogens with zero attached hydrogens (tertiary/aromatic N) is 1. The van der Waals surface area contributed by atoms with Crippen molar-refractivity contribution in [3.8, 4) is 0 Å². The second-order valence-electron chi connectivity index (χ2n) is 2.36.